The van der Waals surface area contributed by atoms with E-state index in [1.54, 1.807) is 38.1 Å². The first-order valence-corrected chi connectivity index (χ1v) is 6.78. The fourth-order valence-electron chi connectivity index (χ4n) is 2.19. The number of Topliss-reactive ketones (excluding diaryl/α,β-unsaturated/α-hetero) is 1. The van der Waals surface area contributed by atoms with Crippen LogP contribution in [0.3, 0.4) is 0 Å². The maximum absolute atomic E-state index is 12.2. The van der Waals surface area contributed by atoms with Gasteiger partial charge < -0.3 is 9.47 Å². The van der Waals surface area contributed by atoms with Crippen LogP contribution in [0.25, 0.3) is 0 Å². The lowest BCUT2D eigenvalue weighted by atomic mass is 10.1. The van der Waals surface area contributed by atoms with E-state index < -0.39 is 24.3 Å². The average molecular weight is 291 g/mol. The number of rotatable bonds is 6. The van der Waals surface area contributed by atoms with Crippen molar-refractivity contribution in [2.24, 2.45) is 0 Å². The van der Waals surface area contributed by atoms with E-state index in [0.717, 1.165) is 0 Å². The van der Waals surface area contributed by atoms with Crippen LogP contribution in [0, 0.1) is 0 Å². The maximum Gasteiger partial charge on any atom is 0.420 e. The first-order valence-electron chi connectivity index (χ1n) is 6.78. The molecule has 1 aliphatic rings. The third kappa shape index (κ3) is 3.28. The van der Waals surface area contributed by atoms with Crippen LogP contribution in [0.1, 0.15) is 30.6 Å². The van der Waals surface area contributed by atoms with Crippen molar-refractivity contribution in [3.05, 3.63) is 35.9 Å². The molecule has 0 saturated carbocycles. The quantitative estimate of drug-likeness (QED) is 0.455. The molecule has 1 saturated heterocycles. The first kappa shape index (κ1) is 15.2. The van der Waals surface area contributed by atoms with Crippen LogP contribution in [0.15, 0.2) is 30.3 Å². The van der Waals surface area contributed by atoms with Crippen LogP contribution in [-0.2, 0) is 14.3 Å². The zero-order valence-electron chi connectivity index (χ0n) is 11.9. The molecule has 0 radical (unpaired) electrons. The topological polar surface area (TPSA) is 72.9 Å². The van der Waals surface area contributed by atoms with Crippen LogP contribution in [0.4, 0.5) is 4.79 Å². The predicted octanol–water partition coefficient (Wildman–Crippen LogP) is 1.99. The van der Waals surface area contributed by atoms with E-state index in [2.05, 4.69) is 4.74 Å². The molecule has 6 heteroatoms. The van der Waals surface area contributed by atoms with Gasteiger partial charge in [-0.05, 0) is 13.8 Å². The molecule has 2 rings (SSSR count). The molecule has 112 valence electrons. The lowest BCUT2D eigenvalue weighted by Gasteiger charge is -2.27. The smallest absolute Gasteiger partial charge is 0.374 e. The normalized spacial score (nSPS) is 19.5. The Morgan fingerprint density at radius 2 is 2.00 bits per heavy atom. The highest BCUT2D eigenvalue weighted by molar-refractivity contribution is 5.98. The third-order valence-corrected chi connectivity index (χ3v) is 3.28. The minimum atomic E-state index is -0.809. The van der Waals surface area contributed by atoms with E-state index in [0.29, 0.717) is 12.2 Å². The maximum atomic E-state index is 12.2. The monoisotopic (exact) mass is 291 g/mol. The largest absolute Gasteiger partial charge is 0.420 e. The molecule has 0 aliphatic carbocycles. The average Bonchev–Trinajstić information content (AvgIpc) is 2.72. The van der Waals surface area contributed by atoms with Gasteiger partial charge in [-0.2, -0.15) is 0 Å². The molecule has 6 nitrogen and oxygen atoms in total. The molecule has 21 heavy (non-hydrogen) atoms. The molecule has 2 atom stereocenters. The van der Waals surface area contributed by atoms with Gasteiger partial charge in [0.1, 0.15) is 12.3 Å². The Kier molecular flexibility index (Phi) is 4.70. The third-order valence-electron chi connectivity index (χ3n) is 3.28. The summed E-state index contributed by atoms with van der Waals surface area (Å²) in [5.74, 6) is -0.787. The summed E-state index contributed by atoms with van der Waals surface area (Å²) in [6.07, 6.45) is -1.60. The van der Waals surface area contributed by atoms with Gasteiger partial charge in [0.05, 0.1) is 6.42 Å². The van der Waals surface area contributed by atoms with Crippen LogP contribution in [0.2, 0.25) is 0 Å². The van der Waals surface area contributed by atoms with Crippen molar-refractivity contribution in [1.82, 2.24) is 4.90 Å². The van der Waals surface area contributed by atoms with Gasteiger partial charge in [0.15, 0.2) is 5.78 Å². The van der Waals surface area contributed by atoms with E-state index in [1.807, 2.05) is 6.07 Å². The number of esters is 1. The fraction of sp³-hybridized carbons (Fsp3) is 0.400. The van der Waals surface area contributed by atoms with Crippen LogP contribution in [0.5, 0.6) is 0 Å². The van der Waals surface area contributed by atoms with Crippen molar-refractivity contribution in [2.75, 3.05) is 6.61 Å². The summed E-state index contributed by atoms with van der Waals surface area (Å²) in [5, 5.41) is 0. The minimum Gasteiger partial charge on any atom is -0.374 e. The van der Waals surface area contributed by atoms with Crippen LogP contribution < -0.4 is 0 Å². The number of hydrogen-bond acceptors (Lipinski definition) is 5. The van der Waals surface area contributed by atoms with Crippen molar-refractivity contribution in [1.29, 1.82) is 0 Å². The molecule has 1 aromatic rings. The molecule has 0 spiro atoms. The molecule has 1 aromatic carbocycles. The molecule has 1 amide bonds. The number of nitrogens with zero attached hydrogens (tertiary/aromatic N) is 1. The molecule has 0 unspecified atom stereocenters. The number of cyclic esters (lactones) is 2. The number of ketones is 1. The zero-order chi connectivity index (χ0) is 15.4. The molecule has 1 fully saturated rings. The highest BCUT2D eigenvalue weighted by atomic mass is 16.6. The van der Waals surface area contributed by atoms with E-state index in [1.165, 1.54) is 4.90 Å². The summed E-state index contributed by atoms with van der Waals surface area (Å²) in [4.78, 5) is 36.6. The number of carbonyl (C=O) groups is 3. The van der Waals surface area contributed by atoms with E-state index in [4.69, 9.17) is 4.74 Å². The highest BCUT2D eigenvalue weighted by Gasteiger charge is 2.43. The summed E-state index contributed by atoms with van der Waals surface area (Å²) in [5.41, 5.74) is 0.536. The number of carbonyl (C=O) groups excluding carboxylic acids is 3. The molecular weight excluding hydrogens is 274 g/mol. The zero-order valence-corrected chi connectivity index (χ0v) is 11.9. The van der Waals surface area contributed by atoms with Crippen molar-refractivity contribution in [3.8, 4) is 0 Å². The van der Waals surface area contributed by atoms with Crippen molar-refractivity contribution >= 4 is 17.8 Å². The van der Waals surface area contributed by atoms with Gasteiger partial charge in [-0.25, -0.2) is 9.59 Å². The van der Waals surface area contributed by atoms with Gasteiger partial charge >= 0.3 is 12.1 Å². The molecule has 1 aliphatic heterocycles. The minimum absolute atomic E-state index is 0.0232. The second kappa shape index (κ2) is 6.49. The predicted molar refractivity (Wildman–Crippen MR) is 73.6 cm³/mol. The van der Waals surface area contributed by atoms with Crippen molar-refractivity contribution < 1.29 is 23.9 Å². The van der Waals surface area contributed by atoms with Gasteiger partial charge in [0, 0.05) is 12.2 Å². The standard InChI is InChI=1S/C15H17NO5/c1-3-20-13(16-10(2)14(18)21-15(16)19)9-12(17)11-7-5-4-6-8-11/h4-8,10,13H,3,9H2,1-2H3/t10-,13-/m0/s1. The Balaban J connectivity index is 2.14. The Morgan fingerprint density at radius 3 is 2.52 bits per heavy atom. The molecule has 1 heterocycles. The Labute approximate surface area is 122 Å². The summed E-state index contributed by atoms with van der Waals surface area (Å²) in [6, 6.07) is 7.98. The van der Waals surface area contributed by atoms with Crippen molar-refractivity contribution in [2.45, 2.75) is 32.5 Å². The number of ether oxygens (including phenoxy) is 2. The first-order chi connectivity index (χ1) is 10.0. The Bertz CT molecular complexity index is 542. The van der Waals surface area contributed by atoms with E-state index in [-0.39, 0.29) is 12.2 Å². The van der Waals surface area contributed by atoms with Gasteiger partial charge in [-0.1, -0.05) is 30.3 Å². The van der Waals surface area contributed by atoms with Gasteiger partial charge in [0.25, 0.3) is 0 Å². The molecule has 0 bridgehead atoms. The van der Waals surface area contributed by atoms with Gasteiger partial charge in [0.2, 0.25) is 0 Å². The summed E-state index contributed by atoms with van der Waals surface area (Å²) < 4.78 is 10.0. The summed E-state index contributed by atoms with van der Waals surface area (Å²) >= 11 is 0. The van der Waals surface area contributed by atoms with E-state index >= 15 is 0 Å². The summed E-state index contributed by atoms with van der Waals surface area (Å²) in [6.45, 7) is 3.62. The van der Waals surface area contributed by atoms with Crippen molar-refractivity contribution in [3.63, 3.8) is 0 Å². The second-order valence-electron chi connectivity index (χ2n) is 4.67. The summed E-state index contributed by atoms with van der Waals surface area (Å²) in [7, 11) is 0. The Hall–Kier alpha value is -2.21. The van der Waals surface area contributed by atoms with Gasteiger partial charge in [-0.3, -0.25) is 9.69 Å². The Morgan fingerprint density at radius 1 is 1.33 bits per heavy atom. The van der Waals surface area contributed by atoms with Crippen LogP contribution in [-0.4, -0.2) is 41.6 Å². The lowest BCUT2D eigenvalue weighted by Crippen LogP contribution is -2.44. The second-order valence-corrected chi connectivity index (χ2v) is 4.67. The SMILES string of the molecule is CCO[C@@H](CC(=O)c1ccccc1)N1C(=O)OC(=O)[C@@H]1C. The van der Waals surface area contributed by atoms with E-state index in [9.17, 15) is 14.4 Å². The molecular formula is C15H17NO5. The highest BCUT2D eigenvalue weighted by Crippen LogP contribution is 2.21. The number of amides is 1. The molecule has 0 aromatic heterocycles. The number of hydrogen-bond donors (Lipinski definition) is 0. The van der Waals surface area contributed by atoms with Crippen LogP contribution >= 0.6 is 0 Å². The lowest BCUT2D eigenvalue weighted by molar-refractivity contribution is -0.136. The van der Waals surface area contributed by atoms with Gasteiger partial charge in [-0.15, -0.1) is 0 Å². The number of benzene rings is 1. The molecule has 0 N–H and O–H groups in total. The fourth-order valence-corrected chi connectivity index (χ4v) is 2.19.